The fraction of sp³-hybridized carbons (Fsp3) is 0.231. The first kappa shape index (κ1) is 22.7. The lowest BCUT2D eigenvalue weighted by atomic mass is 9.76. The molecule has 6 nitrogen and oxygen atoms in total. The van der Waals surface area contributed by atoms with Gasteiger partial charge in [0.25, 0.3) is 5.69 Å². The molecule has 2 aliphatic rings. The van der Waals surface area contributed by atoms with E-state index in [1.807, 2.05) is 42.5 Å². The third-order valence-electron chi connectivity index (χ3n) is 6.48. The number of nitro benzene ring substituents is 1. The molecule has 0 spiro atoms. The van der Waals surface area contributed by atoms with Crippen LogP contribution in [0.1, 0.15) is 35.1 Å². The number of fused-ring (bicyclic) bond motifs is 3. The van der Waals surface area contributed by atoms with Crippen molar-refractivity contribution in [3.63, 3.8) is 0 Å². The number of rotatable bonds is 6. The first-order valence-electron chi connectivity index (χ1n) is 10.9. The fourth-order valence-electron chi connectivity index (χ4n) is 4.88. The van der Waals surface area contributed by atoms with Crippen LogP contribution in [0.2, 0.25) is 5.02 Å². The molecule has 3 atom stereocenters. The maximum absolute atomic E-state index is 11.7. The Bertz CT molecular complexity index is 1280. The van der Waals surface area contributed by atoms with Gasteiger partial charge in [-0.3, -0.25) is 10.1 Å². The average Bonchev–Trinajstić information content (AvgIpc) is 3.33. The summed E-state index contributed by atoms with van der Waals surface area (Å²) >= 11 is 9.63. The highest BCUT2D eigenvalue weighted by atomic mass is 79.9. The van der Waals surface area contributed by atoms with Gasteiger partial charge >= 0.3 is 0 Å². The standard InChI is InChI=1S/C26H22BrClN2O4/c1-33-23-13-16(12-21(27)26(23)34-14-15-8-10-17(28)11-9-15)24-19-5-2-4-18(19)20-6-3-7-22(30(31)32)25(20)29-24/h2-4,6-13,18-19,24,29H,5,14H2,1H3/t18-,19+,24-/m0/s1. The summed E-state index contributed by atoms with van der Waals surface area (Å²) in [5, 5.41) is 15.9. The van der Waals surface area contributed by atoms with Crippen molar-refractivity contribution < 1.29 is 14.4 Å². The maximum atomic E-state index is 11.7. The van der Waals surface area contributed by atoms with Crippen molar-refractivity contribution in [1.82, 2.24) is 0 Å². The summed E-state index contributed by atoms with van der Waals surface area (Å²) in [6.07, 6.45) is 5.21. The van der Waals surface area contributed by atoms with E-state index in [1.165, 1.54) is 0 Å². The fourth-order valence-corrected chi connectivity index (χ4v) is 5.58. The number of ether oxygens (including phenoxy) is 2. The van der Waals surface area contributed by atoms with Gasteiger partial charge in [0.05, 0.1) is 22.5 Å². The summed E-state index contributed by atoms with van der Waals surface area (Å²) in [4.78, 5) is 11.4. The lowest BCUT2D eigenvalue weighted by molar-refractivity contribution is -0.384. The van der Waals surface area contributed by atoms with Gasteiger partial charge in [-0.25, -0.2) is 0 Å². The van der Waals surface area contributed by atoms with Crippen molar-refractivity contribution in [3.8, 4) is 11.5 Å². The molecular formula is C26H22BrClN2O4. The third kappa shape index (κ3) is 4.14. The zero-order valence-corrected chi connectivity index (χ0v) is 20.7. The minimum Gasteiger partial charge on any atom is -0.493 e. The van der Waals surface area contributed by atoms with Crippen molar-refractivity contribution in [1.29, 1.82) is 0 Å². The van der Waals surface area contributed by atoms with Crippen LogP contribution < -0.4 is 14.8 Å². The first-order chi connectivity index (χ1) is 16.5. The van der Waals surface area contributed by atoms with E-state index in [9.17, 15) is 10.1 Å². The Balaban J connectivity index is 1.48. The molecule has 1 heterocycles. The normalized spacial score (nSPS) is 20.3. The van der Waals surface area contributed by atoms with Crippen molar-refractivity contribution in [2.24, 2.45) is 5.92 Å². The van der Waals surface area contributed by atoms with Crippen molar-refractivity contribution in [3.05, 3.63) is 103 Å². The topological polar surface area (TPSA) is 73.6 Å². The summed E-state index contributed by atoms with van der Waals surface area (Å²) < 4.78 is 12.5. The van der Waals surface area contributed by atoms with Crippen LogP contribution in [0.5, 0.6) is 11.5 Å². The molecule has 1 N–H and O–H groups in total. The van der Waals surface area contributed by atoms with E-state index < -0.39 is 0 Å². The van der Waals surface area contributed by atoms with Gasteiger partial charge in [0, 0.05) is 17.0 Å². The second-order valence-corrected chi connectivity index (χ2v) is 9.71. The van der Waals surface area contributed by atoms with Gasteiger partial charge in [0.1, 0.15) is 12.3 Å². The summed E-state index contributed by atoms with van der Waals surface area (Å²) in [6, 6.07) is 16.6. The predicted molar refractivity (Wildman–Crippen MR) is 136 cm³/mol. The number of hydrogen-bond acceptors (Lipinski definition) is 5. The van der Waals surface area contributed by atoms with Crippen LogP contribution >= 0.6 is 27.5 Å². The van der Waals surface area contributed by atoms with E-state index in [2.05, 4.69) is 33.4 Å². The molecule has 3 aromatic rings. The van der Waals surface area contributed by atoms with E-state index in [-0.39, 0.29) is 28.5 Å². The molecule has 0 amide bonds. The Morgan fingerprint density at radius 1 is 1.21 bits per heavy atom. The summed E-state index contributed by atoms with van der Waals surface area (Å²) in [7, 11) is 1.61. The molecule has 0 saturated heterocycles. The van der Waals surface area contributed by atoms with Crippen LogP contribution in [0, 0.1) is 16.0 Å². The monoisotopic (exact) mass is 540 g/mol. The molecular weight excluding hydrogens is 520 g/mol. The number of benzene rings is 3. The number of nitrogens with zero attached hydrogens (tertiary/aromatic N) is 1. The number of para-hydroxylation sites is 1. The number of nitro groups is 1. The van der Waals surface area contributed by atoms with Crippen molar-refractivity contribution in [2.75, 3.05) is 12.4 Å². The number of allylic oxidation sites excluding steroid dienone is 2. The molecule has 8 heteroatoms. The molecule has 1 aliphatic carbocycles. The highest BCUT2D eigenvalue weighted by molar-refractivity contribution is 9.10. The highest BCUT2D eigenvalue weighted by Gasteiger charge is 2.40. The lowest BCUT2D eigenvalue weighted by Crippen LogP contribution is -2.29. The zero-order valence-electron chi connectivity index (χ0n) is 18.3. The first-order valence-corrected chi connectivity index (χ1v) is 12.1. The zero-order chi connectivity index (χ0) is 23.8. The van der Waals surface area contributed by atoms with Gasteiger partial charge in [0.2, 0.25) is 0 Å². The Hall–Kier alpha value is -3.03. The summed E-state index contributed by atoms with van der Waals surface area (Å²) in [6.45, 7) is 0.362. The van der Waals surface area contributed by atoms with Crippen molar-refractivity contribution >= 4 is 38.9 Å². The number of anilines is 1. The smallest absolute Gasteiger partial charge is 0.292 e. The van der Waals surface area contributed by atoms with Gasteiger partial charge in [-0.1, -0.05) is 48.0 Å². The minimum atomic E-state index is -0.327. The molecule has 1 aliphatic heterocycles. The van der Waals surface area contributed by atoms with E-state index in [1.54, 1.807) is 19.2 Å². The quantitative estimate of drug-likeness (QED) is 0.200. The van der Waals surface area contributed by atoms with Crippen LogP contribution in [0.15, 0.2) is 71.2 Å². The van der Waals surface area contributed by atoms with Crippen LogP contribution in [-0.4, -0.2) is 12.0 Å². The molecule has 0 aromatic heterocycles. The van der Waals surface area contributed by atoms with Gasteiger partial charge in [0.15, 0.2) is 11.5 Å². The van der Waals surface area contributed by atoms with Crippen LogP contribution in [0.25, 0.3) is 0 Å². The average molecular weight is 542 g/mol. The third-order valence-corrected chi connectivity index (χ3v) is 7.32. The Morgan fingerprint density at radius 3 is 2.74 bits per heavy atom. The molecule has 34 heavy (non-hydrogen) atoms. The Kier molecular flexibility index (Phi) is 6.23. The number of methoxy groups -OCH3 is 1. The van der Waals surface area contributed by atoms with Crippen molar-refractivity contribution in [2.45, 2.75) is 25.0 Å². The van der Waals surface area contributed by atoms with Gasteiger partial charge in [-0.2, -0.15) is 0 Å². The molecule has 0 bridgehead atoms. The van der Waals surface area contributed by atoms with Crippen LogP contribution in [-0.2, 0) is 6.61 Å². The second-order valence-electron chi connectivity index (χ2n) is 8.42. The van der Waals surface area contributed by atoms with E-state index in [0.717, 1.165) is 27.6 Å². The van der Waals surface area contributed by atoms with Gasteiger partial charge in [-0.15, -0.1) is 0 Å². The number of halogens is 2. The SMILES string of the molecule is COc1cc([C@@H]2Nc3c(cccc3[N+](=O)[O-])[C@H]3C=CC[C@H]32)cc(Br)c1OCc1ccc(Cl)cc1. The molecule has 0 fully saturated rings. The van der Waals surface area contributed by atoms with E-state index in [0.29, 0.717) is 28.8 Å². The summed E-state index contributed by atoms with van der Waals surface area (Å²) in [5.41, 5.74) is 3.61. The number of nitrogens with one attached hydrogen (secondary N) is 1. The predicted octanol–water partition coefficient (Wildman–Crippen LogP) is 7.42. The molecule has 0 radical (unpaired) electrons. The highest BCUT2D eigenvalue weighted by Crippen LogP contribution is 2.53. The molecule has 174 valence electrons. The number of hydrogen-bond donors (Lipinski definition) is 1. The largest absolute Gasteiger partial charge is 0.493 e. The molecule has 5 rings (SSSR count). The molecule has 3 aromatic carbocycles. The van der Waals surface area contributed by atoms with E-state index >= 15 is 0 Å². The van der Waals surface area contributed by atoms with E-state index in [4.69, 9.17) is 21.1 Å². The lowest BCUT2D eigenvalue weighted by Gasteiger charge is -2.37. The molecule has 0 unspecified atom stereocenters. The minimum absolute atomic E-state index is 0.0928. The Morgan fingerprint density at radius 2 is 2.00 bits per heavy atom. The second kappa shape index (κ2) is 9.31. The van der Waals surface area contributed by atoms with Gasteiger partial charge in [-0.05, 0) is 69.2 Å². The van der Waals surface area contributed by atoms with Crippen LogP contribution in [0.4, 0.5) is 11.4 Å². The Labute approximate surface area is 210 Å². The van der Waals surface area contributed by atoms with Gasteiger partial charge < -0.3 is 14.8 Å². The summed E-state index contributed by atoms with van der Waals surface area (Å²) in [5.74, 6) is 1.55. The van der Waals surface area contributed by atoms with Crippen LogP contribution in [0.3, 0.4) is 0 Å². The molecule has 0 saturated carbocycles. The maximum Gasteiger partial charge on any atom is 0.292 e.